The summed E-state index contributed by atoms with van der Waals surface area (Å²) in [5.74, 6) is 0. The van der Waals surface area contributed by atoms with Gasteiger partial charge in [0.15, 0.2) is 0 Å². The molecule has 0 aliphatic heterocycles. The van der Waals surface area contributed by atoms with Crippen molar-refractivity contribution in [3.05, 3.63) is 432 Å². The van der Waals surface area contributed by atoms with Crippen molar-refractivity contribution < 1.29 is 0 Å². The topological polar surface area (TPSA) is 0 Å². The van der Waals surface area contributed by atoms with Gasteiger partial charge in [0, 0.05) is 0 Å². The summed E-state index contributed by atoms with van der Waals surface area (Å²) in [5.41, 5.74) is 32.7. The Kier molecular flexibility index (Phi) is 49.5. The molecule has 0 saturated heterocycles. The lowest BCUT2D eigenvalue weighted by Gasteiger charge is -2.06. The van der Waals surface area contributed by atoms with Crippen molar-refractivity contribution in [1.82, 2.24) is 0 Å². The van der Waals surface area contributed by atoms with E-state index in [1.807, 2.05) is 18.2 Å². The molecule has 0 radical (unpaired) electrons. The minimum Gasteiger partial charge on any atom is -0.103 e. The van der Waals surface area contributed by atoms with Gasteiger partial charge in [-0.15, -0.1) is 19.7 Å². The number of benzene rings is 12. The SMILES string of the molecule is C/C=C/CCc1ccc(-c2ccc(CCC)cc2)cc1.C/C=C/CCc1ccc(-c2ccc(CCCC)cc2)cc1.C/C=C/CCc1ccc(-c2ccc(CCCCC)cc2)cc1.C=CCCc1ccc(-c2ccc(CCC)cc2)cc1.C=CCCc1ccc(-c2ccc(CCCC)cc2)cc1.C=CCCc1ccc(-c2ccc(CCCCC)cc2)cc1. The van der Waals surface area contributed by atoms with Gasteiger partial charge in [-0.1, -0.05) is 439 Å². The van der Waals surface area contributed by atoms with Crippen molar-refractivity contribution in [3.8, 4) is 66.8 Å². The molecule has 0 spiro atoms. The number of aryl methyl sites for hydroxylation is 12. The van der Waals surface area contributed by atoms with E-state index in [4.69, 9.17) is 0 Å². The highest BCUT2D eigenvalue weighted by atomic mass is 14.1. The normalized spacial score (nSPS) is 10.8. The van der Waals surface area contributed by atoms with Crippen molar-refractivity contribution in [2.45, 2.75) is 255 Å². The summed E-state index contributed by atoms with van der Waals surface area (Å²) in [6.45, 7) is 31.0. The van der Waals surface area contributed by atoms with Gasteiger partial charge in [0.25, 0.3) is 0 Å². The van der Waals surface area contributed by atoms with Crippen LogP contribution < -0.4 is 0 Å². The molecular weight excluding hydrogens is 1480 g/mol. The molecule has 0 fully saturated rings. The Morgan fingerprint density at radius 2 is 0.293 bits per heavy atom. The number of unbranched alkanes of at least 4 members (excludes halogenated alkanes) is 6. The van der Waals surface area contributed by atoms with Gasteiger partial charge >= 0.3 is 0 Å². The van der Waals surface area contributed by atoms with E-state index in [0.29, 0.717) is 0 Å². The van der Waals surface area contributed by atoms with E-state index in [9.17, 15) is 0 Å². The molecule has 0 N–H and O–H groups in total. The van der Waals surface area contributed by atoms with E-state index in [0.717, 1.165) is 77.0 Å². The van der Waals surface area contributed by atoms with E-state index >= 15 is 0 Å². The van der Waals surface area contributed by atoms with Crippen LogP contribution >= 0.6 is 0 Å². The Hall–Kier alpha value is -10.9. The predicted octanol–water partition coefficient (Wildman–Crippen LogP) is 36.1. The van der Waals surface area contributed by atoms with Gasteiger partial charge in [-0.05, 0) is 296 Å². The molecule has 12 aromatic carbocycles. The molecule has 0 saturated carbocycles. The Balaban J connectivity index is 0.000000203. The second-order valence-corrected chi connectivity index (χ2v) is 32.8. The summed E-state index contributed by atoms with van der Waals surface area (Å²) in [5, 5.41) is 0. The predicted molar refractivity (Wildman–Crippen MR) is 548 cm³/mol. The monoisotopic (exact) mass is 1630 g/mol. The zero-order valence-corrected chi connectivity index (χ0v) is 77.2. The van der Waals surface area contributed by atoms with Crippen molar-refractivity contribution in [3.63, 3.8) is 0 Å². The van der Waals surface area contributed by atoms with Crippen molar-refractivity contribution in [2.75, 3.05) is 0 Å². The minimum atomic E-state index is 1.05. The van der Waals surface area contributed by atoms with Crippen LogP contribution in [0.25, 0.3) is 66.8 Å². The summed E-state index contributed by atoms with van der Waals surface area (Å²) in [7, 11) is 0. The number of hydrogen-bond acceptors (Lipinski definition) is 0. The Labute approximate surface area is 749 Å². The molecule has 0 aliphatic carbocycles. The molecule has 0 aromatic heterocycles. The summed E-state index contributed by atoms with van der Waals surface area (Å²) in [6, 6.07) is 108. The first-order valence-electron chi connectivity index (χ1n) is 47.2. The van der Waals surface area contributed by atoms with Crippen LogP contribution in [0.3, 0.4) is 0 Å². The molecule has 0 unspecified atom stereocenters. The summed E-state index contributed by atoms with van der Waals surface area (Å²) in [4.78, 5) is 0. The van der Waals surface area contributed by atoms with Gasteiger partial charge in [0.1, 0.15) is 0 Å². The first kappa shape index (κ1) is 99.2. The van der Waals surface area contributed by atoms with Crippen molar-refractivity contribution in [1.29, 1.82) is 0 Å². The molecule has 0 amide bonds. The third kappa shape index (κ3) is 39.0. The number of allylic oxidation sites excluding steroid dienone is 9. The smallest absolute Gasteiger partial charge is 0.0184 e. The molecular formula is C123H150. The summed E-state index contributed by atoms with van der Waals surface area (Å²) in [6.07, 6.45) is 54.6. The maximum atomic E-state index is 3.78. The average Bonchev–Trinajstić information content (AvgIpc) is 0.883. The molecule has 12 aromatic rings. The second kappa shape index (κ2) is 61.4. The van der Waals surface area contributed by atoms with Crippen LogP contribution in [0.4, 0.5) is 0 Å². The van der Waals surface area contributed by atoms with Crippen LogP contribution in [-0.4, -0.2) is 0 Å². The van der Waals surface area contributed by atoms with E-state index in [2.05, 4.69) is 410 Å². The molecule has 642 valence electrons. The van der Waals surface area contributed by atoms with Gasteiger partial charge < -0.3 is 0 Å². The largest absolute Gasteiger partial charge is 0.103 e. The quantitative estimate of drug-likeness (QED) is 0.0264. The first-order chi connectivity index (χ1) is 60.5. The van der Waals surface area contributed by atoms with E-state index in [1.165, 1.54) is 249 Å². The maximum absolute atomic E-state index is 3.78. The van der Waals surface area contributed by atoms with Gasteiger partial charge in [-0.3, -0.25) is 0 Å². The highest BCUT2D eigenvalue weighted by Gasteiger charge is 2.08. The lowest BCUT2D eigenvalue weighted by Crippen LogP contribution is -1.87. The second-order valence-electron chi connectivity index (χ2n) is 32.8. The van der Waals surface area contributed by atoms with Crippen LogP contribution in [0.2, 0.25) is 0 Å². The molecule has 0 bridgehead atoms. The van der Waals surface area contributed by atoms with Crippen molar-refractivity contribution in [2.24, 2.45) is 0 Å². The van der Waals surface area contributed by atoms with Crippen LogP contribution in [0.15, 0.2) is 366 Å². The van der Waals surface area contributed by atoms with Gasteiger partial charge in [0.05, 0.1) is 0 Å². The minimum absolute atomic E-state index is 1.05. The van der Waals surface area contributed by atoms with Gasteiger partial charge in [-0.2, -0.15) is 0 Å². The van der Waals surface area contributed by atoms with E-state index in [-0.39, 0.29) is 0 Å². The van der Waals surface area contributed by atoms with Crippen LogP contribution in [0.1, 0.15) is 245 Å². The fourth-order valence-corrected chi connectivity index (χ4v) is 14.9. The Morgan fingerprint density at radius 3 is 0.431 bits per heavy atom. The van der Waals surface area contributed by atoms with Gasteiger partial charge in [0.2, 0.25) is 0 Å². The lowest BCUT2D eigenvalue weighted by atomic mass is 9.99. The molecule has 0 aliphatic rings. The van der Waals surface area contributed by atoms with Gasteiger partial charge in [-0.25, -0.2) is 0 Å². The molecule has 123 heavy (non-hydrogen) atoms. The average molecular weight is 1630 g/mol. The van der Waals surface area contributed by atoms with E-state index in [1.54, 1.807) is 0 Å². The molecule has 0 heterocycles. The molecule has 0 atom stereocenters. The standard InChI is InChI=1S/C22H28.2C21H26.2C20H24.C19H22/c1-3-5-7-9-19-11-15-21(16-12-19)22-17-13-20(14-18-22)10-8-6-4-2;2*1-3-5-7-9-19-12-16-21(17-13-19)20-14-10-18(11-15-20)8-6-4-2;1-3-5-6-8-18-11-15-20(16-12-18)19-13-9-17(7-4-2)10-14-19;1-3-5-7-17-9-13-19(14-10-17)20-15-11-18(12-16-20)8-6-4-2;1-3-5-7-17-10-14-19(15-11-17)18-12-8-16(6-4-2)9-13-18/h3,5,11-18H,4,6-10H2,1-2H3;3,5,10-17H,4,6-9H2,1-2H3;4,10-17H,2-3,5-9H2,1H3;3,5,9-16H,4,6-8H2,1-2H3;3,9-16H,1,4-8H2,2H3;3,8-15H,1,4-7H2,2H3/b2*5-3+;;5-3+;;. The highest BCUT2D eigenvalue weighted by Crippen LogP contribution is 2.29. The lowest BCUT2D eigenvalue weighted by molar-refractivity contribution is 0.717. The highest BCUT2D eigenvalue weighted by molar-refractivity contribution is 5.69. The van der Waals surface area contributed by atoms with Crippen LogP contribution in [0.5, 0.6) is 0 Å². The van der Waals surface area contributed by atoms with E-state index < -0.39 is 0 Å². The van der Waals surface area contributed by atoms with Crippen LogP contribution in [-0.2, 0) is 77.0 Å². The maximum Gasteiger partial charge on any atom is -0.0184 e. The third-order valence-electron chi connectivity index (χ3n) is 22.7. The summed E-state index contributed by atoms with van der Waals surface area (Å²) < 4.78 is 0. The Morgan fingerprint density at radius 1 is 0.154 bits per heavy atom. The fraction of sp³-hybridized carbons (Fsp3) is 0.317. The summed E-state index contributed by atoms with van der Waals surface area (Å²) >= 11 is 0. The fourth-order valence-electron chi connectivity index (χ4n) is 14.9. The Bertz CT molecular complexity index is 4810. The molecule has 12 rings (SSSR count). The number of hydrogen-bond donors (Lipinski definition) is 0. The number of rotatable bonds is 42. The zero-order chi connectivity index (χ0) is 87.4. The molecule has 0 nitrogen and oxygen atoms in total. The zero-order valence-electron chi connectivity index (χ0n) is 77.2. The first-order valence-corrected chi connectivity index (χ1v) is 47.2. The van der Waals surface area contributed by atoms with Crippen molar-refractivity contribution >= 4 is 0 Å². The van der Waals surface area contributed by atoms with Crippen LogP contribution in [0, 0.1) is 0 Å². The molecule has 0 heteroatoms. The third-order valence-corrected chi connectivity index (χ3v) is 22.7.